The molecule has 1 heterocycles. The molecule has 7 nitrogen and oxygen atoms in total. The number of nitrogens with zero attached hydrogens (tertiary/aromatic N) is 3. The van der Waals surface area contributed by atoms with Crippen LogP contribution in [0.3, 0.4) is 0 Å². The average Bonchev–Trinajstić information content (AvgIpc) is 3.15. The van der Waals surface area contributed by atoms with Crippen LogP contribution in [0.2, 0.25) is 0 Å². The van der Waals surface area contributed by atoms with Gasteiger partial charge < -0.3 is 9.47 Å². The van der Waals surface area contributed by atoms with Crippen molar-refractivity contribution in [2.24, 2.45) is 0 Å². The Labute approximate surface area is 284 Å². The predicted octanol–water partition coefficient (Wildman–Crippen LogP) is 8.85. The molecule has 0 bridgehead atoms. The summed E-state index contributed by atoms with van der Waals surface area (Å²) in [6.07, 6.45) is 1.98. The van der Waals surface area contributed by atoms with Crippen LogP contribution < -0.4 is 14.4 Å². The normalized spacial score (nSPS) is 11.0. The van der Waals surface area contributed by atoms with Crippen LogP contribution in [0, 0.1) is 6.92 Å². The second-order valence-corrected chi connectivity index (χ2v) is 11.8. The molecule has 0 saturated carbocycles. The van der Waals surface area contributed by atoms with Gasteiger partial charge in [0, 0.05) is 23.1 Å². The molecule has 1 aromatic heterocycles. The van der Waals surface area contributed by atoms with Crippen molar-refractivity contribution in [3.8, 4) is 22.8 Å². The summed E-state index contributed by atoms with van der Waals surface area (Å²) in [5, 5.41) is 2.98. The molecule has 0 spiro atoms. The molecule has 6 aromatic carbocycles. The third kappa shape index (κ3) is 6.22. The molecule has 0 unspecified atom stereocenters. The SMILES string of the molecule is COc1ccc2c(C(=O)N(C(=O)c3cccc4cc(OC)ccc34)c3ncc(-c4ccc(C)cc4)nc3Cc3ccccc3)cccc2c1. The average molecular weight is 644 g/mol. The van der Waals surface area contributed by atoms with Crippen molar-refractivity contribution in [2.45, 2.75) is 13.3 Å². The van der Waals surface area contributed by atoms with E-state index in [1.807, 2.05) is 97.9 Å². The van der Waals surface area contributed by atoms with Crippen molar-refractivity contribution in [3.63, 3.8) is 0 Å². The number of hydrogen-bond donors (Lipinski definition) is 0. The number of carbonyl (C=O) groups is 2. The van der Waals surface area contributed by atoms with E-state index in [4.69, 9.17) is 19.4 Å². The number of imide groups is 1. The topological polar surface area (TPSA) is 81.6 Å². The number of methoxy groups -OCH3 is 2. The number of rotatable bonds is 8. The first-order valence-electron chi connectivity index (χ1n) is 15.9. The lowest BCUT2D eigenvalue weighted by Gasteiger charge is -2.24. The van der Waals surface area contributed by atoms with Gasteiger partial charge in [-0.2, -0.15) is 0 Å². The number of fused-ring (bicyclic) bond motifs is 2. The molecule has 2 amide bonds. The summed E-state index contributed by atoms with van der Waals surface area (Å²) in [7, 11) is 3.20. The Balaban J connectivity index is 1.45. The van der Waals surface area contributed by atoms with Crippen LogP contribution in [-0.2, 0) is 6.42 Å². The summed E-state index contributed by atoms with van der Waals surface area (Å²) in [4.78, 5) is 41.0. The number of benzene rings is 6. The molecule has 0 saturated heterocycles. The van der Waals surface area contributed by atoms with Crippen LogP contribution in [0.1, 0.15) is 37.5 Å². The van der Waals surface area contributed by atoms with Gasteiger partial charge in [0.15, 0.2) is 5.82 Å². The fraction of sp³-hybridized carbons (Fsp3) is 0.0952. The monoisotopic (exact) mass is 643 g/mol. The first kappa shape index (κ1) is 31.3. The fourth-order valence-corrected chi connectivity index (χ4v) is 6.06. The van der Waals surface area contributed by atoms with E-state index in [2.05, 4.69) is 0 Å². The van der Waals surface area contributed by atoms with Crippen LogP contribution in [0.4, 0.5) is 5.82 Å². The van der Waals surface area contributed by atoms with E-state index >= 15 is 0 Å². The highest BCUT2D eigenvalue weighted by Gasteiger charge is 2.32. The molecule has 7 aromatic rings. The van der Waals surface area contributed by atoms with Crippen molar-refractivity contribution in [2.75, 3.05) is 19.1 Å². The number of ether oxygens (including phenoxy) is 2. The molecule has 0 aliphatic heterocycles. The van der Waals surface area contributed by atoms with Crippen molar-refractivity contribution in [3.05, 3.63) is 162 Å². The molecular formula is C42H33N3O4. The smallest absolute Gasteiger partial charge is 0.267 e. The Bertz CT molecular complexity index is 2240. The molecule has 0 aliphatic rings. The fourth-order valence-electron chi connectivity index (χ4n) is 6.06. The van der Waals surface area contributed by atoms with E-state index in [1.54, 1.807) is 56.8 Å². The zero-order chi connectivity index (χ0) is 33.9. The van der Waals surface area contributed by atoms with Gasteiger partial charge in [0.05, 0.1) is 31.8 Å². The van der Waals surface area contributed by atoms with E-state index in [0.29, 0.717) is 51.2 Å². The lowest BCUT2D eigenvalue weighted by molar-refractivity contribution is 0.0898. The molecule has 7 heteroatoms. The lowest BCUT2D eigenvalue weighted by Crippen LogP contribution is -2.39. The molecule has 0 N–H and O–H groups in total. The number of aryl methyl sites for hydroxylation is 1. The van der Waals surface area contributed by atoms with Crippen LogP contribution in [0.5, 0.6) is 11.5 Å². The van der Waals surface area contributed by atoms with Crippen molar-refractivity contribution in [1.29, 1.82) is 0 Å². The van der Waals surface area contributed by atoms with Gasteiger partial charge >= 0.3 is 0 Å². The second-order valence-electron chi connectivity index (χ2n) is 11.8. The maximum absolute atomic E-state index is 14.9. The van der Waals surface area contributed by atoms with E-state index < -0.39 is 11.8 Å². The van der Waals surface area contributed by atoms with E-state index in [-0.39, 0.29) is 5.82 Å². The summed E-state index contributed by atoms with van der Waals surface area (Å²) >= 11 is 0. The van der Waals surface area contributed by atoms with Gasteiger partial charge in [-0.3, -0.25) is 9.59 Å². The molecule has 240 valence electrons. The minimum absolute atomic E-state index is 0.172. The Kier molecular flexibility index (Phi) is 8.56. The molecule has 49 heavy (non-hydrogen) atoms. The van der Waals surface area contributed by atoms with Crippen LogP contribution in [-0.4, -0.2) is 36.0 Å². The molecule has 0 fully saturated rings. The van der Waals surface area contributed by atoms with Gasteiger partial charge in [-0.15, -0.1) is 0 Å². The molecule has 0 aliphatic carbocycles. The van der Waals surface area contributed by atoms with Gasteiger partial charge in [0.2, 0.25) is 0 Å². The number of anilines is 1. The first-order valence-corrected chi connectivity index (χ1v) is 15.9. The third-order valence-electron chi connectivity index (χ3n) is 8.64. The van der Waals surface area contributed by atoms with E-state index in [0.717, 1.165) is 27.5 Å². The molecule has 7 rings (SSSR count). The largest absolute Gasteiger partial charge is 0.497 e. The zero-order valence-corrected chi connectivity index (χ0v) is 27.4. The summed E-state index contributed by atoms with van der Waals surface area (Å²) in [5.41, 5.74) is 4.82. The zero-order valence-electron chi connectivity index (χ0n) is 27.4. The first-order chi connectivity index (χ1) is 23.9. The Morgan fingerprint density at radius 1 is 0.653 bits per heavy atom. The number of amides is 2. The highest BCUT2D eigenvalue weighted by Crippen LogP contribution is 2.32. The van der Waals surface area contributed by atoms with E-state index in [9.17, 15) is 9.59 Å². The maximum Gasteiger partial charge on any atom is 0.267 e. The summed E-state index contributed by atoms with van der Waals surface area (Å²) in [6.45, 7) is 2.03. The van der Waals surface area contributed by atoms with Crippen molar-refractivity contribution < 1.29 is 19.1 Å². The standard InChI is InChI=1S/C42H33N3O4/c1-27-15-17-29(18-16-27)39-26-43-40(38(44-39)23-28-9-5-4-6-10-28)45(41(46)36-13-7-11-30-24-32(48-2)19-21-34(30)36)42(47)37-14-8-12-31-25-33(49-3)20-22-35(31)37/h4-22,24-26H,23H2,1-3H3. The van der Waals surface area contributed by atoms with Crippen LogP contribution in [0.15, 0.2) is 134 Å². The Morgan fingerprint density at radius 2 is 1.22 bits per heavy atom. The van der Waals surface area contributed by atoms with Gasteiger partial charge in [0.1, 0.15) is 11.5 Å². The van der Waals surface area contributed by atoms with Gasteiger partial charge in [-0.1, -0.05) is 84.4 Å². The molecular weight excluding hydrogens is 610 g/mol. The summed E-state index contributed by atoms with van der Waals surface area (Å²) < 4.78 is 10.9. The summed E-state index contributed by atoms with van der Waals surface area (Å²) in [6, 6.07) is 39.8. The van der Waals surface area contributed by atoms with Gasteiger partial charge in [-0.05, 0) is 82.6 Å². The van der Waals surface area contributed by atoms with Crippen LogP contribution >= 0.6 is 0 Å². The van der Waals surface area contributed by atoms with Gasteiger partial charge in [-0.25, -0.2) is 14.9 Å². The van der Waals surface area contributed by atoms with E-state index in [1.165, 1.54) is 4.90 Å². The maximum atomic E-state index is 14.9. The van der Waals surface area contributed by atoms with Crippen LogP contribution in [0.25, 0.3) is 32.8 Å². The quantitative estimate of drug-likeness (QED) is 0.154. The Hall–Kier alpha value is -6.34. The predicted molar refractivity (Wildman–Crippen MR) is 194 cm³/mol. The molecule has 0 radical (unpaired) electrons. The lowest BCUT2D eigenvalue weighted by atomic mass is 10.0. The number of aromatic nitrogens is 2. The number of carbonyl (C=O) groups excluding carboxylic acids is 2. The Morgan fingerprint density at radius 3 is 1.78 bits per heavy atom. The number of hydrogen-bond acceptors (Lipinski definition) is 6. The highest BCUT2D eigenvalue weighted by molar-refractivity contribution is 6.30. The minimum Gasteiger partial charge on any atom is -0.497 e. The van der Waals surface area contributed by atoms with Gasteiger partial charge in [0.25, 0.3) is 11.8 Å². The molecule has 0 atom stereocenters. The summed E-state index contributed by atoms with van der Waals surface area (Å²) in [5.74, 6) is 0.472. The van der Waals surface area contributed by atoms with Crippen molar-refractivity contribution in [1.82, 2.24) is 9.97 Å². The highest BCUT2D eigenvalue weighted by atomic mass is 16.5. The minimum atomic E-state index is -0.516. The second kappa shape index (κ2) is 13.4. The van der Waals surface area contributed by atoms with Crippen molar-refractivity contribution >= 4 is 39.2 Å². The third-order valence-corrected chi connectivity index (χ3v) is 8.64.